The maximum Gasteiger partial charge on any atom is 0.153 e. The van der Waals surface area contributed by atoms with Gasteiger partial charge in [-0.3, -0.25) is 0 Å². The molecule has 2 rings (SSSR count). The summed E-state index contributed by atoms with van der Waals surface area (Å²) in [5.41, 5.74) is 7.56. The summed E-state index contributed by atoms with van der Waals surface area (Å²) in [6.07, 6.45) is 0.922. The second-order valence-corrected chi connectivity index (χ2v) is 6.98. The van der Waals surface area contributed by atoms with Gasteiger partial charge in [-0.2, -0.15) is 0 Å². The van der Waals surface area contributed by atoms with Gasteiger partial charge in [0.15, 0.2) is 9.84 Å². The Balaban J connectivity index is 2.16. The quantitative estimate of drug-likeness (QED) is 0.844. The Kier molecular flexibility index (Phi) is 4.19. The number of hydrogen-bond donors (Lipinski definition) is 1. The number of sulfone groups is 1. The van der Waals surface area contributed by atoms with Gasteiger partial charge >= 0.3 is 0 Å². The molecule has 0 spiro atoms. The summed E-state index contributed by atoms with van der Waals surface area (Å²) in [6.45, 7) is 3.64. The van der Waals surface area contributed by atoms with E-state index < -0.39 is 9.84 Å². The molecule has 0 unspecified atom stereocenters. The summed E-state index contributed by atoms with van der Waals surface area (Å²) < 4.78 is 28.5. The number of rotatable bonds is 4. The number of para-hydroxylation sites is 1. The minimum absolute atomic E-state index is 0.187. The number of nitrogens with two attached hydrogens (primary N) is 1. The average molecular weight is 284 g/mol. The molecule has 1 aromatic rings. The molecule has 0 aliphatic carbocycles. The van der Waals surface area contributed by atoms with Gasteiger partial charge in [-0.25, -0.2) is 8.42 Å². The molecule has 0 amide bonds. The van der Waals surface area contributed by atoms with Gasteiger partial charge in [0.2, 0.25) is 0 Å². The number of nitrogen functional groups attached to an aromatic ring is 1. The van der Waals surface area contributed by atoms with E-state index in [-0.39, 0.29) is 11.5 Å². The predicted molar refractivity (Wildman–Crippen MR) is 77.5 cm³/mol. The van der Waals surface area contributed by atoms with Crippen molar-refractivity contribution in [2.24, 2.45) is 0 Å². The molecule has 19 heavy (non-hydrogen) atoms. The van der Waals surface area contributed by atoms with E-state index in [0.717, 1.165) is 12.1 Å². The molecule has 1 saturated heterocycles. The van der Waals surface area contributed by atoms with Crippen molar-refractivity contribution < 1.29 is 13.2 Å². The molecule has 1 aliphatic heterocycles. The average Bonchev–Trinajstić information content (AvgIpc) is 2.38. The van der Waals surface area contributed by atoms with Gasteiger partial charge in [0.05, 0.1) is 29.5 Å². The van der Waals surface area contributed by atoms with Gasteiger partial charge < -0.3 is 15.4 Å². The normalized spacial score (nSPS) is 18.3. The minimum Gasteiger partial charge on any atom is -0.491 e. The van der Waals surface area contributed by atoms with Crippen LogP contribution in [0.3, 0.4) is 0 Å². The molecule has 0 atom stereocenters. The second kappa shape index (κ2) is 5.69. The minimum atomic E-state index is -2.87. The molecule has 2 N–H and O–H groups in total. The molecule has 0 bridgehead atoms. The first kappa shape index (κ1) is 14.0. The Labute approximate surface area is 114 Å². The zero-order valence-electron chi connectivity index (χ0n) is 11.1. The van der Waals surface area contributed by atoms with Crippen LogP contribution in [0, 0.1) is 0 Å². The molecule has 1 fully saturated rings. The summed E-state index contributed by atoms with van der Waals surface area (Å²) >= 11 is 0. The Bertz CT molecular complexity index is 529. The molecule has 1 heterocycles. The molecular formula is C13H20N2O3S. The highest BCUT2D eigenvalue weighted by molar-refractivity contribution is 7.91. The Hall–Kier alpha value is -1.43. The highest BCUT2D eigenvalue weighted by Crippen LogP contribution is 2.33. The number of nitrogens with zero attached hydrogens (tertiary/aromatic N) is 1. The summed E-state index contributed by atoms with van der Waals surface area (Å²) in [5.74, 6) is 1.05. The smallest absolute Gasteiger partial charge is 0.153 e. The summed E-state index contributed by atoms with van der Waals surface area (Å²) in [7, 11) is -2.87. The van der Waals surface area contributed by atoms with Gasteiger partial charge in [0, 0.05) is 13.1 Å². The monoisotopic (exact) mass is 284 g/mol. The van der Waals surface area contributed by atoms with Crippen LogP contribution in [0.2, 0.25) is 0 Å². The van der Waals surface area contributed by atoms with Crippen LogP contribution in [-0.4, -0.2) is 39.6 Å². The van der Waals surface area contributed by atoms with E-state index in [1.165, 1.54) is 0 Å². The fourth-order valence-corrected chi connectivity index (χ4v) is 3.30. The summed E-state index contributed by atoms with van der Waals surface area (Å²) in [4.78, 5) is 2.01. The first-order valence-corrected chi connectivity index (χ1v) is 8.32. The van der Waals surface area contributed by atoms with Crippen molar-refractivity contribution in [3.63, 3.8) is 0 Å². The van der Waals surface area contributed by atoms with Crippen LogP contribution in [0.1, 0.15) is 13.3 Å². The summed E-state index contributed by atoms with van der Waals surface area (Å²) in [6, 6.07) is 5.64. The van der Waals surface area contributed by atoms with Crippen molar-refractivity contribution in [3.8, 4) is 5.75 Å². The Morgan fingerprint density at radius 3 is 2.63 bits per heavy atom. The van der Waals surface area contributed by atoms with Crippen molar-refractivity contribution in [1.29, 1.82) is 0 Å². The SMILES string of the molecule is CCCOc1cccc(N2CCS(=O)(=O)CC2)c1N. The summed E-state index contributed by atoms with van der Waals surface area (Å²) in [5, 5.41) is 0. The van der Waals surface area contributed by atoms with E-state index >= 15 is 0 Å². The molecule has 5 nitrogen and oxygen atoms in total. The number of anilines is 2. The second-order valence-electron chi connectivity index (χ2n) is 4.68. The van der Waals surface area contributed by atoms with Crippen molar-refractivity contribution >= 4 is 21.2 Å². The van der Waals surface area contributed by atoms with Crippen LogP contribution in [0.5, 0.6) is 5.75 Å². The predicted octanol–water partition coefficient (Wildman–Crippen LogP) is 1.29. The van der Waals surface area contributed by atoms with Crippen LogP contribution < -0.4 is 15.4 Å². The third-order valence-electron chi connectivity index (χ3n) is 3.19. The van der Waals surface area contributed by atoms with Crippen molar-refractivity contribution in [3.05, 3.63) is 18.2 Å². The van der Waals surface area contributed by atoms with Crippen molar-refractivity contribution in [1.82, 2.24) is 0 Å². The van der Waals surface area contributed by atoms with Crippen LogP contribution in [0.15, 0.2) is 18.2 Å². The molecule has 1 aliphatic rings. The molecule has 0 aromatic heterocycles. The first-order chi connectivity index (χ1) is 9.03. The molecule has 0 radical (unpaired) electrons. The third kappa shape index (κ3) is 3.32. The topological polar surface area (TPSA) is 72.6 Å². The number of benzene rings is 1. The van der Waals surface area contributed by atoms with E-state index in [4.69, 9.17) is 10.5 Å². The van der Waals surface area contributed by atoms with E-state index in [0.29, 0.717) is 31.1 Å². The van der Waals surface area contributed by atoms with Gasteiger partial charge in [0.25, 0.3) is 0 Å². The zero-order valence-corrected chi connectivity index (χ0v) is 11.9. The van der Waals surface area contributed by atoms with Crippen LogP contribution in [-0.2, 0) is 9.84 Å². The lowest BCUT2D eigenvalue weighted by molar-refractivity contribution is 0.319. The highest BCUT2D eigenvalue weighted by Gasteiger charge is 2.23. The molecule has 6 heteroatoms. The molecule has 0 saturated carbocycles. The van der Waals surface area contributed by atoms with Gasteiger partial charge in [0.1, 0.15) is 5.75 Å². The molecular weight excluding hydrogens is 264 g/mol. The maximum absolute atomic E-state index is 11.4. The van der Waals surface area contributed by atoms with Gasteiger partial charge in [-0.1, -0.05) is 13.0 Å². The lowest BCUT2D eigenvalue weighted by Gasteiger charge is -2.30. The highest BCUT2D eigenvalue weighted by atomic mass is 32.2. The van der Waals surface area contributed by atoms with Crippen molar-refractivity contribution in [2.75, 3.05) is 41.8 Å². The molecule has 1 aromatic carbocycles. The molecule has 106 valence electrons. The lowest BCUT2D eigenvalue weighted by atomic mass is 10.2. The first-order valence-electron chi connectivity index (χ1n) is 6.50. The van der Waals surface area contributed by atoms with Gasteiger partial charge in [-0.05, 0) is 18.6 Å². The van der Waals surface area contributed by atoms with Crippen LogP contribution in [0.25, 0.3) is 0 Å². The fourth-order valence-electron chi connectivity index (χ4n) is 2.10. The fraction of sp³-hybridized carbons (Fsp3) is 0.538. The van der Waals surface area contributed by atoms with E-state index in [9.17, 15) is 8.42 Å². The number of hydrogen-bond acceptors (Lipinski definition) is 5. The Morgan fingerprint density at radius 1 is 1.32 bits per heavy atom. The van der Waals surface area contributed by atoms with E-state index in [2.05, 4.69) is 0 Å². The van der Waals surface area contributed by atoms with E-state index in [1.807, 2.05) is 30.0 Å². The number of ether oxygens (including phenoxy) is 1. The zero-order chi connectivity index (χ0) is 13.9. The van der Waals surface area contributed by atoms with Crippen LogP contribution in [0.4, 0.5) is 11.4 Å². The Morgan fingerprint density at radius 2 is 2.00 bits per heavy atom. The van der Waals surface area contributed by atoms with Crippen molar-refractivity contribution in [2.45, 2.75) is 13.3 Å². The maximum atomic E-state index is 11.4. The largest absolute Gasteiger partial charge is 0.491 e. The van der Waals surface area contributed by atoms with Crippen LogP contribution >= 0.6 is 0 Å². The van der Waals surface area contributed by atoms with E-state index in [1.54, 1.807) is 0 Å². The third-order valence-corrected chi connectivity index (χ3v) is 4.80. The standard InChI is InChI=1S/C13H20N2O3S/c1-2-8-18-12-5-3-4-11(13(12)14)15-6-9-19(16,17)10-7-15/h3-5H,2,6-10,14H2,1H3. The van der Waals surface area contributed by atoms with Gasteiger partial charge in [-0.15, -0.1) is 0 Å². The lowest BCUT2D eigenvalue weighted by Crippen LogP contribution is -2.40.